The molecule has 0 amide bonds. The average Bonchev–Trinajstić information content (AvgIpc) is 3.13. The van der Waals surface area contributed by atoms with Crippen molar-refractivity contribution in [1.82, 2.24) is 14.7 Å². The molecule has 0 aromatic carbocycles. The highest BCUT2D eigenvalue weighted by Crippen LogP contribution is 2.42. The maximum Gasteiger partial charge on any atom is 0.0781 e. The quantitative estimate of drug-likeness (QED) is 0.913. The van der Waals surface area contributed by atoms with E-state index in [9.17, 15) is 5.11 Å². The van der Waals surface area contributed by atoms with Gasteiger partial charge in [0.1, 0.15) is 0 Å². The Morgan fingerprint density at radius 1 is 1.09 bits per heavy atom. The molecule has 1 aromatic rings. The lowest BCUT2D eigenvalue weighted by atomic mass is 9.77. The molecule has 122 valence electrons. The van der Waals surface area contributed by atoms with Gasteiger partial charge in [-0.2, -0.15) is 5.10 Å². The first-order chi connectivity index (χ1) is 10.7. The van der Waals surface area contributed by atoms with Crippen LogP contribution in [0.2, 0.25) is 0 Å². The smallest absolute Gasteiger partial charge is 0.0781 e. The Morgan fingerprint density at radius 3 is 2.50 bits per heavy atom. The first-order valence-corrected chi connectivity index (χ1v) is 9.13. The topological polar surface area (TPSA) is 41.3 Å². The molecule has 2 aliphatic carbocycles. The Labute approximate surface area is 133 Å². The van der Waals surface area contributed by atoms with E-state index in [-0.39, 0.29) is 12.1 Å². The minimum Gasteiger partial charge on any atom is -0.391 e. The van der Waals surface area contributed by atoms with Crippen molar-refractivity contribution in [2.75, 3.05) is 13.1 Å². The number of nitrogens with zero attached hydrogens (tertiary/aromatic N) is 3. The second-order valence-corrected chi connectivity index (χ2v) is 7.87. The summed E-state index contributed by atoms with van der Waals surface area (Å²) >= 11 is 0. The van der Waals surface area contributed by atoms with E-state index >= 15 is 0 Å². The van der Waals surface area contributed by atoms with Gasteiger partial charge in [0.2, 0.25) is 0 Å². The van der Waals surface area contributed by atoms with Crippen LogP contribution < -0.4 is 0 Å². The van der Waals surface area contributed by atoms with E-state index < -0.39 is 0 Å². The summed E-state index contributed by atoms with van der Waals surface area (Å²) in [6.45, 7) is 4.54. The summed E-state index contributed by atoms with van der Waals surface area (Å²) in [7, 11) is 0. The zero-order valence-corrected chi connectivity index (χ0v) is 13.7. The summed E-state index contributed by atoms with van der Waals surface area (Å²) in [6, 6.07) is 1.00. The second kappa shape index (κ2) is 5.97. The third kappa shape index (κ3) is 2.71. The van der Waals surface area contributed by atoms with Crippen LogP contribution in [0.15, 0.2) is 12.4 Å². The zero-order chi connectivity index (χ0) is 15.1. The van der Waals surface area contributed by atoms with Crippen molar-refractivity contribution in [3.05, 3.63) is 18.0 Å². The van der Waals surface area contributed by atoms with Gasteiger partial charge in [0, 0.05) is 25.3 Å². The number of aromatic nitrogens is 2. The zero-order valence-electron chi connectivity index (χ0n) is 13.7. The summed E-state index contributed by atoms with van der Waals surface area (Å²) in [6.07, 6.45) is 12.8. The van der Waals surface area contributed by atoms with Crippen LogP contribution >= 0.6 is 0 Å². The van der Waals surface area contributed by atoms with Gasteiger partial charge in [-0.25, -0.2) is 0 Å². The number of aliphatic hydroxyl groups excluding tert-OH is 1. The van der Waals surface area contributed by atoms with Crippen LogP contribution in [0.1, 0.15) is 56.6 Å². The van der Waals surface area contributed by atoms with Gasteiger partial charge in [0.05, 0.1) is 18.3 Å². The van der Waals surface area contributed by atoms with Gasteiger partial charge in [0.25, 0.3) is 0 Å². The average molecular weight is 303 g/mol. The maximum absolute atomic E-state index is 10.6. The summed E-state index contributed by atoms with van der Waals surface area (Å²) in [4.78, 5) is 2.75. The van der Waals surface area contributed by atoms with E-state index in [0.29, 0.717) is 5.92 Å². The van der Waals surface area contributed by atoms with Gasteiger partial charge in [0.15, 0.2) is 0 Å². The van der Waals surface area contributed by atoms with Gasteiger partial charge in [-0.05, 0) is 50.0 Å². The Morgan fingerprint density at radius 2 is 1.82 bits per heavy atom. The van der Waals surface area contributed by atoms with Crippen molar-refractivity contribution in [3.8, 4) is 0 Å². The standard InChI is InChI=1S/C18H29N3O/c1-13-9-19-21(10-13)17-7-14-11-20(12-15(14)8-18(17)22)16-5-3-2-4-6-16/h9-10,14-18,22H,2-8,11-12H2,1H3/t14-,15+,17-,18-/m0/s1. The summed E-state index contributed by atoms with van der Waals surface area (Å²) in [5, 5.41) is 15.1. The van der Waals surface area contributed by atoms with E-state index in [2.05, 4.69) is 23.1 Å². The lowest BCUT2D eigenvalue weighted by Crippen LogP contribution is -2.36. The first kappa shape index (κ1) is 14.7. The first-order valence-electron chi connectivity index (χ1n) is 9.13. The molecule has 2 heterocycles. The minimum atomic E-state index is -0.230. The molecule has 1 aliphatic heterocycles. The van der Waals surface area contributed by atoms with Gasteiger partial charge in [-0.15, -0.1) is 0 Å². The highest BCUT2D eigenvalue weighted by atomic mass is 16.3. The van der Waals surface area contributed by atoms with E-state index in [0.717, 1.165) is 24.8 Å². The molecule has 4 atom stereocenters. The molecule has 4 heteroatoms. The largest absolute Gasteiger partial charge is 0.391 e. The molecule has 22 heavy (non-hydrogen) atoms. The van der Waals surface area contributed by atoms with Gasteiger partial charge in [-0.3, -0.25) is 9.58 Å². The predicted molar refractivity (Wildman–Crippen MR) is 86.7 cm³/mol. The Bertz CT molecular complexity index is 508. The van der Waals surface area contributed by atoms with Crippen LogP contribution in [0, 0.1) is 18.8 Å². The normalized spacial score (nSPS) is 37.4. The van der Waals surface area contributed by atoms with E-state index in [1.165, 1.54) is 50.8 Å². The number of likely N-dealkylation sites (tertiary alicyclic amines) is 1. The van der Waals surface area contributed by atoms with Crippen LogP contribution in [0.5, 0.6) is 0 Å². The molecule has 3 aliphatic rings. The fourth-order valence-corrected chi connectivity index (χ4v) is 5.09. The van der Waals surface area contributed by atoms with Crippen LogP contribution in [-0.4, -0.2) is 45.0 Å². The second-order valence-electron chi connectivity index (χ2n) is 7.87. The van der Waals surface area contributed by atoms with Gasteiger partial charge in [-0.1, -0.05) is 19.3 Å². The highest BCUT2D eigenvalue weighted by molar-refractivity contribution is 5.03. The maximum atomic E-state index is 10.6. The number of rotatable bonds is 2. The van der Waals surface area contributed by atoms with Crippen molar-refractivity contribution in [2.45, 2.75) is 70.1 Å². The lowest BCUT2D eigenvalue weighted by Gasteiger charge is -2.35. The summed E-state index contributed by atoms with van der Waals surface area (Å²) < 4.78 is 2.01. The molecule has 1 N–H and O–H groups in total. The van der Waals surface area contributed by atoms with Crippen molar-refractivity contribution in [1.29, 1.82) is 0 Å². The third-order valence-electron chi connectivity index (χ3n) is 6.30. The van der Waals surface area contributed by atoms with E-state index in [1.807, 2.05) is 10.9 Å². The Hall–Kier alpha value is -0.870. The predicted octanol–water partition coefficient (Wildman–Crippen LogP) is 2.77. The van der Waals surface area contributed by atoms with Gasteiger partial charge < -0.3 is 5.11 Å². The fourth-order valence-electron chi connectivity index (χ4n) is 5.09. The molecule has 2 saturated carbocycles. The van der Waals surface area contributed by atoms with Gasteiger partial charge >= 0.3 is 0 Å². The van der Waals surface area contributed by atoms with Crippen LogP contribution in [0.4, 0.5) is 0 Å². The number of aryl methyl sites for hydroxylation is 1. The summed E-state index contributed by atoms with van der Waals surface area (Å²) in [5.74, 6) is 1.45. The monoisotopic (exact) mass is 303 g/mol. The van der Waals surface area contributed by atoms with E-state index in [1.54, 1.807) is 0 Å². The number of hydrogen-bond donors (Lipinski definition) is 1. The third-order valence-corrected chi connectivity index (χ3v) is 6.30. The molecule has 3 fully saturated rings. The molecule has 4 rings (SSSR count). The number of fused-ring (bicyclic) bond motifs is 1. The fraction of sp³-hybridized carbons (Fsp3) is 0.833. The van der Waals surface area contributed by atoms with Crippen LogP contribution in [0.3, 0.4) is 0 Å². The minimum absolute atomic E-state index is 0.182. The van der Waals surface area contributed by atoms with Crippen molar-refractivity contribution in [2.24, 2.45) is 11.8 Å². The SMILES string of the molecule is Cc1cnn([C@H]2C[C@H]3CN(C4CCCCC4)C[C@H]3C[C@@H]2O)c1. The highest BCUT2D eigenvalue weighted by Gasteiger charge is 2.44. The number of aliphatic hydroxyl groups is 1. The molecule has 0 unspecified atom stereocenters. The van der Waals surface area contributed by atoms with Crippen molar-refractivity contribution < 1.29 is 5.11 Å². The van der Waals surface area contributed by atoms with Crippen molar-refractivity contribution >= 4 is 0 Å². The molecule has 0 bridgehead atoms. The molecule has 1 saturated heterocycles. The van der Waals surface area contributed by atoms with Crippen LogP contribution in [0.25, 0.3) is 0 Å². The Kier molecular flexibility index (Phi) is 3.99. The molecule has 1 aromatic heterocycles. The molecular formula is C18H29N3O. The molecule has 0 spiro atoms. The van der Waals surface area contributed by atoms with E-state index in [4.69, 9.17) is 0 Å². The lowest BCUT2D eigenvalue weighted by molar-refractivity contribution is 0.0306. The molecule has 4 nitrogen and oxygen atoms in total. The number of hydrogen-bond acceptors (Lipinski definition) is 3. The molecule has 0 radical (unpaired) electrons. The van der Waals surface area contributed by atoms with Crippen molar-refractivity contribution in [3.63, 3.8) is 0 Å². The molecular weight excluding hydrogens is 274 g/mol. The van der Waals surface area contributed by atoms with Crippen LogP contribution in [-0.2, 0) is 0 Å². The summed E-state index contributed by atoms with van der Waals surface area (Å²) in [5.41, 5.74) is 1.18. The Balaban J connectivity index is 1.44.